The fourth-order valence-electron chi connectivity index (χ4n) is 3.77. The van der Waals surface area contributed by atoms with E-state index < -0.39 is 0 Å². The highest BCUT2D eigenvalue weighted by Gasteiger charge is 2.23. The average Bonchev–Trinajstić information content (AvgIpc) is 2.75. The molecule has 1 aliphatic rings. The number of carbonyl (C=O) groups is 2. The van der Waals surface area contributed by atoms with Gasteiger partial charge in [0.05, 0.1) is 13.0 Å². The van der Waals surface area contributed by atoms with E-state index in [2.05, 4.69) is 36.5 Å². The summed E-state index contributed by atoms with van der Waals surface area (Å²) in [6, 6.07) is 16.1. The van der Waals surface area contributed by atoms with E-state index in [0.29, 0.717) is 32.5 Å². The second kappa shape index (κ2) is 10.8. The van der Waals surface area contributed by atoms with Crippen molar-refractivity contribution < 1.29 is 14.3 Å². The minimum atomic E-state index is 0.0308. The molecule has 30 heavy (non-hydrogen) atoms. The first-order valence-corrected chi connectivity index (χ1v) is 10.9. The summed E-state index contributed by atoms with van der Waals surface area (Å²) in [5.41, 5.74) is 3.40. The fraction of sp³-hybridized carbons (Fsp3) is 0.440. The van der Waals surface area contributed by atoms with E-state index in [-0.39, 0.29) is 17.9 Å². The first-order chi connectivity index (χ1) is 14.5. The molecule has 0 unspecified atom stereocenters. The van der Waals surface area contributed by atoms with Gasteiger partial charge in [0, 0.05) is 25.6 Å². The first kappa shape index (κ1) is 21.9. The normalized spacial score (nSPS) is 14.4. The Kier molecular flexibility index (Phi) is 7.89. The van der Waals surface area contributed by atoms with E-state index in [9.17, 15) is 9.59 Å². The Morgan fingerprint density at radius 2 is 1.63 bits per heavy atom. The number of nitrogens with zero attached hydrogens (tertiary/aromatic N) is 1. The van der Waals surface area contributed by atoms with Crippen molar-refractivity contribution in [2.75, 3.05) is 19.7 Å². The lowest BCUT2D eigenvalue weighted by atomic mass is 10.0. The summed E-state index contributed by atoms with van der Waals surface area (Å²) in [4.78, 5) is 26.8. The molecule has 1 saturated heterocycles. The molecule has 0 bridgehead atoms. The highest BCUT2D eigenvalue weighted by atomic mass is 16.5. The molecule has 2 aromatic carbocycles. The van der Waals surface area contributed by atoms with E-state index in [1.165, 1.54) is 11.1 Å². The number of nitrogens with one attached hydrogen (secondary N) is 1. The maximum Gasteiger partial charge on any atom is 0.224 e. The zero-order valence-corrected chi connectivity index (χ0v) is 18.0. The summed E-state index contributed by atoms with van der Waals surface area (Å²) in [7, 11) is 0. The van der Waals surface area contributed by atoms with Crippen molar-refractivity contribution in [2.24, 2.45) is 0 Å². The van der Waals surface area contributed by atoms with Crippen molar-refractivity contribution in [3.63, 3.8) is 0 Å². The highest BCUT2D eigenvalue weighted by Crippen LogP contribution is 2.15. The van der Waals surface area contributed by atoms with Gasteiger partial charge in [-0.1, -0.05) is 42.0 Å². The molecule has 5 nitrogen and oxygen atoms in total. The van der Waals surface area contributed by atoms with Gasteiger partial charge in [-0.2, -0.15) is 0 Å². The first-order valence-electron chi connectivity index (χ1n) is 10.9. The second-order valence-electron chi connectivity index (χ2n) is 7.96. The lowest BCUT2D eigenvalue weighted by molar-refractivity contribution is -0.132. The molecule has 1 N–H and O–H groups in total. The molecule has 0 atom stereocenters. The number of aryl methyl sites for hydroxylation is 2. The Hall–Kier alpha value is -2.82. The van der Waals surface area contributed by atoms with Crippen molar-refractivity contribution in [1.82, 2.24) is 10.2 Å². The quantitative estimate of drug-likeness (QED) is 0.725. The van der Waals surface area contributed by atoms with Gasteiger partial charge < -0.3 is 15.0 Å². The largest absolute Gasteiger partial charge is 0.494 e. The van der Waals surface area contributed by atoms with Gasteiger partial charge in [-0.25, -0.2) is 0 Å². The Bertz CT molecular complexity index is 822. The third-order valence-electron chi connectivity index (χ3n) is 5.56. The number of benzene rings is 2. The van der Waals surface area contributed by atoms with Crippen molar-refractivity contribution >= 4 is 11.8 Å². The molecule has 0 radical (unpaired) electrons. The molecular weight excluding hydrogens is 376 g/mol. The molecule has 3 rings (SSSR count). The zero-order valence-electron chi connectivity index (χ0n) is 18.0. The van der Waals surface area contributed by atoms with Crippen LogP contribution in [0.3, 0.4) is 0 Å². The number of likely N-dealkylation sites (tertiary alicyclic amines) is 1. The molecule has 160 valence electrons. The van der Waals surface area contributed by atoms with Gasteiger partial charge in [0.2, 0.25) is 11.8 Å². The van der Waals surface area contributed by atoms with Gasteiger partial charge in [-0.15, -0.1) is 0 Å². The van der Waals surface area contributed by atoms with E-state index in [1.807, 2.05) is 36.1 Å². The standard InChI is InChI=1S/C25H32N2O3/c1-3-30-23-11-8-21(9-12-23)18-24(28)26-22-14-16-27(17-15-22)25(29)13-10-20-6-4-19(2)5-7-20/h4-9,11-12,22H,3,10,13-18H2,1-2H3,(H,26,28). The van der Waals surface area contributed by atoms with Crippen LogP contribution < -0.4 is 10.1 Å². The summed E-state index contributed by atoms with van der Waals surface area (Å²) in [5, 5.41) is 3.12. The van der Waals surface area contributed by atoms with Crippen molar-refractivity contribution in [1.29, 1.82) is 0 Å². The van der Waals surface area contributed by atoms with Crippen molar-refractivity contribution in [2.45, 2.75) is 52.0 Å². The summed E-state index contributed by atoms with van der Waals surface area (Å²) in [5.74, 6) is 1.05. The third kappa shape index (κ3) is 6.61. The summed E-state index contributed by atoms with van der Waals surface area (Å²) < 4.78 is 5.43. The van der Waals surface area contributed by atoms with E-state index >= 15 is 0 Å². The maximum absolute atomic E-state index is 12.5. The van der Waals surface area contributed by atoms with Crippen molar-refractivity contribution in [3.05, 3.63) is 65.2 Å². The molecule has 0 aliphatic carbocycles. The van der Waals surface area contributed by atoms with Gasteiger partial charge in [0.25, 0.3) is 0 Å². The van der Waals surface area contributed by atoms with Crippen LogP contribution in [0.1, 0.15) is 42.9 Å². The molecule has 0 spiro atoms. The van der Waals surface area contributed by atoms with E-state index in [4.69, 9.17) is 4.74 Å². The van der Waals surface area contributed by atoms with Crippen LogP contribution >= 0.6 is 0 Å². The molecule has 1 heterocycles. The topological polar surface area (TPSA) is 58.6 Å². The number of carbonyl (C=O) groups excluding carboxylic acids is 2. The van der Waals surface area contributed by atoms with Crippen LogP contribution in [0.5, 0.6) is 5.75 Å². The highest BCUT2D eigenvalue weighted by molar-refractivity contribution is 5.79. The monoisotopic (exact) mass is 408 g/mol. The fourth-order valence-corrected chi connectivity index (χ4v) is 3.77. The smallest absolute Gasteiger partial charge is 0.224 e. The van der Waals surface area contributed by atoms with Crippen LogP contribution in [0.4, 0.5) is 0 Å². The lowest BCUT2D eigenvalue weighted by Crippen LogP contribution is -2.46. The number of hydrogen-bond acceptors (Lipinski definition) is 3. The predicted octanol–water partition coefficient (Wildman–Crippen LogP) is 3.68. The van der Waals surface area contributed by atoms with Crippen LogP contribution in [0, 0.1) is 6.92 Å². The SMILES string of the molecule is CCOc1ccc(CC(=O)NC2CCN(C(=O)CCc3ccc(C)cc3)CC2)cc1. The number of rotatable bonds is 8. The zero-order chi connectivity index (χ0) is 21.3. The average molecular weight is 409 g/mol. The summed E-state index contributed by atoms with van der Waals surface area (Å²) >= 11 is 0. The minimum Gasteiger partial charge on any atom is -0.494 e. The second-order valence-corrected chi connectivity index (χ2v) is 7.96. The van der Waals surface area contributed by atoms with Crippen LogP contribution in [0.25, 0.3) is 0 Å². The van der Waals surface area contributed by atoms with Crippen LogP contribution in [0.2, 0.25) is 0 Å². The molecule has 5 heteroatoms. The van der Waals surface area contributed by atoms with Crippen LogP contribution in [-0.2, 0) is 22.4 Å². The van der Waals surface area contributed by atoms with Crippen LogP contribution in [0.15, 0.2) is 48.5 Å². The van der Waals surface area contributed by atoms with Crippen molar-refractivity contribution in [3.8, 4) is 5.75 Å². The molecule has 1 fully saturated rings. The van der Waals surface area contributed by atoms with Crippen LogP contribution in [-0.4, -0.2) is 42.5 Å². The lowest BCUT2D eigenvalue weighted by Gasteiger charge is -2.32. The van der Waals surface area contributed by atoms with Gasteiger partial charge in [0.15, 0.2) is 0 Å². The van der Waals surface area contributed by atoms with Gasteiger partial charge in [0.1, 0.15) is 5.75 Å². The Balaban J connectivity index is 1.37. The Morgan fingerprint density at radius 3 is 2.27 bits per heavy atom. The predicted molar refractivity (Wildman–Crippen MR) is 119 cm³/mol. The molecule has 2 aromatic rings. The molecule has 1 aliphatic heterocycles. The van der Waals surface area contributed by atoms with Gasteiger partial charge in [-0.3, -0.25) is 9.59 Å². The minimum absolute atomic E-state index is 0.0308. The number of amides is 2. The Morgan fingerprint density at radius 1 is 1.00 bits per heavy atom. The third-order valence-corrected chi connectivity index (χ3v) is 5.56. The number of piperidine rings is 1. The molecule has 2 amide bonds. The van der Waals surface area contributed by atoms with E-state index in [0.717, 1.165) is 30.6 Å². The maximum atomic E-state index is 12.5. The summed E-state index contributed by atoms with van der Waals surface area (Å²) in [6.07, 6.45) is 3.30. The number of ether oxygens (including phenoxy) is 1. The Labute approximate surface area is 179 Å². The van der Waals surface area contributed by atoms with E-state index in [1.54, 1.807) is 0 Å². The van der Waals surface area contributed by atoms with Gasteiger partial charge >= 0.3 is 0 Å². The number of hydrogen-bond donors (Lipinski definition) is 1. The molecule has 0 aromatic heterocycles. The summed E-state index contributed by atoms with van der Waals surface area (Å²) in [6.45, 7) is 6.06. The molecule has 0 saturated carbocycles. The molecular formula is C25H32N2O3. The van der Waals surface area contributed by atoms with Gasteiger partial charge in [-0.05, 0) is 56.4 Å².